The summed E-state index contributed by atoms with van der Waals surface area (Å²) in [6.07, 6.45) is 12.7. The van der Waals surface area contributed by atoms with Gasteiger partial charge in [-0.2, -0.15) is 0 Å². The summed E-state index contributed by atoms with van der Waals surface area (Å²) < 4.78 is 4.73. The zero-order valence-electron chi connectivity index (χ0n) is 24.9. The molecule has 0 bridgehead atoms. The topological polar surface area (TPSA) is 128 Å². The Labute approximate surface area is 250 Å². The van der Waals surface area contributed by atoms with Gasteiger partial charge in [0.25, 0.3) is 0 Å². The lowest BCUT2D eigenvalue weighted by molar-refractivity contribution is -0.137. The number of epoxide rings is 1. The Hall–Kier alpha value is -3.03. The van der Waals surface area contributed by atoms with Crippen LogP contribution in [0, 0.1) is 0 Å². The van der Waals surface area contributed by atoms with Gasteiger partial charge in [0.15, 0.2) is 0 Å². The number of phenols is 2. The van der Waals surface area contributed by atoms with Crippen LogP contribution >= 0.6 is 11.6 Å². The van der Waals surface area contributed by atoms with Crippen molar-refractivity contribution in [2.75, 3.05) is 12.5 Å². The monoisotopic (exact) mass is 592 g/mol. The van der Waals surface area contributed by atoms with Gasteiger partial charge in [0.1, 0.15) is 11.5 Å². The molecule has 3 rings (SSSR count). The fraction of sp³-hybridized carbons (Fsp3) is 0.515. The number of carbonyl (C=O) groups is 2. The maximum atomic E-state index is 10.2. The van der Waals surface area contributed by atoms with Gasteiger partial charge in [-0.1, -0.05) is 103 Å². The second kappa shape index (κ2) is 22.6. The number of aliphatic carboxylic acids is 2. The summed E-state index contributed by atoms with van der Waals surface area (Å²) in [5, 5.41) is 34.6. The first-order valence-corrected chi connectivity index (χ1v) is 14.8. The van der Waals surface area contributed by atoms with E-state index in [-0.39, 0.29) is 16.9 Å². The van der Waals surface area contributed by atoms with Crippen molar-refractivity contribution in [3.05, 3.63) is 72.3 Å². The maximum Gasteiger partial charge on any atom is 0.327 e. The molecule has 0 spiro atoms. The average Bonchev–Trinajstić information content (AvgIpc) is 3.79. The number of rotatable bonds is 14. The summed E-state index contributed by atoms with van der Waals surface area (Å²) in [5.41, 5.74) is 2.10. The molecule has 2 aromatic carbocycles. The first-order chi connectivity index (χ1) is 19.5. The van der Waals surface area contributed by atoms with E-state index < -0.39 is 11.9 Å². The number of carboxylic acid groups (broad SMARTS) is 2. The molecule has 0 aliphatic carbocycles. The van der Waals surface area contributed by atoms with Crippen LogP contribution in [0.4, 0.5) is 0 Å². The Bertz CT molecular complexity index is 921. The fourth-order valence-corrected chi connectivity index (χ4v) is 3.85. The number of alkyl halides is 1. The quantitative estimate of drug-likeness (QED) is 0.0751. The van der Waals surface area contributed by atoms with Crippen molar-refractivity contribution in [1.82, 2.24) is 0 Å². The molecule has 1 unspecified atom stereocenters. The average molecular weight is 593 g/mol. The predicted octanol–water partition coefficient (Wildman–Crippen LogP) is 8.30. The van der Waals surface area contributed by atoms with E-state index in [1.54, 1.807) is 24.3 Å². The summed E-state index contributed by atoms with van der Waals surface area (Å²) >= 11 is 5.27. The van der Waals surface area contributed by atoms with Gasteiger partial charge in [-0.3, -0.25) is 4.79 Å². The Morgan fingerprint density at radius 1 is 0.854 bits per heavy atom. The van der Waals surface area contributed by atoms with E-state index in [2.05, 4.69) is 27.4 Å². The van der Waals surface area contributed by atoms with Gasteiger partial charge >= 0.3 is 11.9 Å². The lowest BCUT2D eigenvalue weighted by atomic mass is 9.78. The minimum absolute atomic E-state index is 0.151. The third-order valence-electron chi connectivity index (χ3n) is 6.42. The summed E-state index contributed by atoms with van der Waals surface area (Å²) in [6, 6.07) is 14.4. The van der Waals surface area contributed by atoms with Gasteiger partial charge in [0.2, 0.25) is 0 Å². The normalized spacial score (nSPS) is 13.2. The van der Waals surface area contributed by atoms with Crippen LogP contribution < -0.4 is 0 Å². The van der Waals surface area contributed by atoms with E-state index >= 15 is 0 Å². The van der Waals surface area contributed by atoms with Crippen LogP contribution in [-0.4, -0.2) is 51.0 Å². The van der Waals surface area contributed by atoms with Crippen LogP contribution in [0.25, 0.3) is 0 Å². The van der Waals surface area contributed by atoms with Gasteiger partial charge in [-0.15, -0.1) is 11.6 Å². The van der Waals surface area contributed by atoms with Gasteiger partial charge in [0, 0.05) is 17.9 Å². The lowest BCUT2D eigenvalue weighted by Gasteiger charge is -2.26. The first-order valence-electron chi connectivity index (χ1n) is 14.3. The molecular formula is C33H49ClO7. The van der Waals surface area contributed by atoms with Crippen LogP contribution in [0.2, 0.25) is 0 Å². The smallest absolute Gasteiger partial charge is 0.327 e. The summed E-state index contributed by atoms with van der Waals surface area (Å²) in [6.45, 7) is 10.3. The number of ether oxygens (including phenoxy) is 1. The number of hydrogen-bond acceptors (Lipinski definition) is 5. The Balaban J connectivity index is 0.000000593. The lowest BCUT2D eigenvalue weighted by Crippen LogP contribution is -2.18. The third kappa shape index (κ3) is 20.5. The molecule has 1 aliphatic rings. The molecule has 0 saturated carbocycles. The predicted molar refractivity (Wildman–Crippen MR) is 166 cm³/mol. The summed E-state index contributed by atoms with van der Waals surface area (Å²) in [5.74, 6) is -0.427. The summed E-state index contributed by atoms with van der Waals surface area (Å²) in [4.78, 5) is 19.5. The molecule has 7 nitrogen and oxygen atoms in total. The number of halogens is 1. The molecule has 0 radical (unpaired) electrons. The fourth-order valence-electron chi connectivity index (χ4n) is 3.67. The molecule has 1 fully saturated rings. The molecule has 2 aromatic rings. The molecule has 1 atom stereocenters. The number of hydrogen-bond donors (Lipinski definition) is 4. The molecule has 1 saturated heterocycles. The molecule has 0 amide bonds. The number of carboxylic acids is 2. The minimum Gasteiger partial charge on any atom is -0.508 e. The highest BCUT2D eigenvalue weighted by Crippen LogP contribution is 2.32. The van der Waals surface area contributed by atoms with Crippen LogP contribution in [0.1, 0.15) is 96.1 Å². The van der Waals surface area contributed by atoms with Gasteiger partial charge in [-0.05, 0) is 41.8 Å². The highest BCUT2D eigenvalue weighted by atomic mass is 35.5. The van der Waals surface area contributed by atoms with E-state index in [0.717, 1.165) is 36.7 Å². The van der Waals surface area contributed by atoms with Gasteiger partial charge in [0.05, 0.1) is 18.6 Å². The largest absolute Gasteiger partial charge is 0.508 e. The SMILES string of the molecule is C=CC(=O)O.CC(C)(c1ccc(O)cc1)c1ccc(O)cc1.CCCCCCCCCCCC(=O)O.ClCC1CO1. The van der Waals surface area contributed by atoms with Crippen LogP contribution in [-0.2, 0) is 19.7 Å². The molecule has 8 heteroatoms. The van der Waals surface area contributed by atoms with E-state index in [1.165, 1.54) is 44.9 Å². The number of phenolic OH excluding ortho intramolecular Hbond substituents is 2. The molecule has 1 heterocycles. The molecule has 230 valence electrons. The van der Waals surface area contributed by atoms with Gasteiger partial charge < -0.3 is 25.2 Å². The zero-order chi connectivity index (χ0) is 31.1. The van der Waals surface area contributed by atoms with Crippen molar-refractivity contribution in [3.63, 3.8) is 0 Å². The minimum atomic E-state index is -0.981. The molecular weight excluding hydrogens is 544 g/mol. The maximum absolute atomic E-state index is 10.2. The Kier molecular flexibility index (Phi) is 21.0. The van der Waals surface area contributed by atoms with Crippen LogP contribution in [0.3, 0.4) is 0 Å². The van der Waals surface area contributed by atoms with Crippen LogP contribution in [0.5, 0.6) is 11.5 Å². The van der Waals surface area contributed by atoms with E-state index in [9.17, 15) is 19.8 Å². The second-order valence-electron chi connectivity index (χ2n) is 10.3. The Morgan fingerprint density at radius 2 is 1.22 bits per heavy atom. The van der Waals surface area contributed by atoms with Crippen molar-refractivity contribution >= 4 is 23.5 Å². The Morgan fingerprint density at radius 3 is 1.49 bits per heavy atom. The number of aromatic hydroxyl groups is 2. The first kappa shape index (κ1) is 38.0. The second-order valence-corrected chi connectivity index (χ2v) is 10.7. The van der Waals surface area contributed by atoms with Crippen molar-refractivity contribution in [1.29, 1.82) is 0 Å². The summed E-state index contributed by atoms with van der Waals surface area (Å²) in [7, 11) is 0. The zero-order valence-corrected chi connectivity index (χ0v) is 25.6. The van der Waals surface area contributed by atoms with E-state index in [4.69, 9.17) is 26.6 Å². The van der Waals surface area contributed by atoms with Crippen LogP contribution in [0.15, 0.2) is 61.2 Å². The van der Waals surface area contributed by atoms with Crippen molar-refractivity contribution in [3.8, 4) is 11.5 Å². The van der Waals surface area contributed by atoms with E-state index in [0.29, 0.717) is 18.4 Å². The van der Waals surface area contributed by atoms with Crippen molar-refractivity contribution < 1.29 is 34.8 Å². The van der Waals surface area contributed by atoms with E-state index in [1.807, 2.05) is 24.3 Å². The highest BCUT2D eigenvalue weighted by Gasteiger charge is 2.22. The highest BCUT2D eigenvalue weighted by molar-refractivity contribution is 6.18. The molecule has 41 heavy (non-hydrogen) atoms. The standard InChI is InChI=1S/C15H16O2.C12H24O2.C3H5ClO.C3H4O2/c1-15(2,11-3-7-13(16)8-4-11)12-5-9-14(17)10-6-12;1-2-3-4-5-6-7-8-9-10-11-12(13)14;4-1-3-2-5-3;1-2-3(4)5/h3-10,16-17H,1-2H3;2-11H2,1H3,(H,13,14);3H,1-2H2;2H,1H2,(H,4,5). The van der Waals surface area contributed by atoms with Crippen molar-refractivity contribution in [2.24, 2.45) is 0 Å². The number of benzene rings is 2. The molecule has 1 aliphatic heterocycles. The molecule has 0 aromatic heterocycles. The number of unbranched alkanes of at least 4 members (excludes halogenated alkanes) is 8. The third-order valence-corrected chi connectivity index (χ3v) is 6.77. The van der Waals surface area contributed by atoms with Gasteiger partial charge in [-0.25, -0.2) is 4.79 Å². The molecule has 4 N–H and O–H groups in total. The van der Waals surface area contributed by atoms with Crippen molar-refractivity contribution in [2.45, 2.75) is 96.5 Å².